The number of benzene rings is 1. The molecule has 1 unspecified atom stereocenters. The summed E-state index contributed by atoms with van der Waals surface area (Å²) in [5, 5.41) is 12.0. The van der Waals surface area contributed by atoms with Crippen LogP contribution >= 0.6 is 0 Å². The molecule has 2 N–H and O–H groups in total. The van der Waals surface area contributed by atoms with Crippen LogP contribution in [0.5, 0.6) is 0 Å². The van der Waals surface area contributed by atoms with Gasteiger partial charge in [-0.25, -0.2) is 0 Å². The lowest BCUT2D eigenvalue weighted by Crippen LogP contribution is -1.75. The van der Waals surface area contributed by atoms with Crippen molar-refractivity contribution in [2.45, 2.75) is 6.10 Å². The topological polar surface area (TPSA) is 53.0 Å². The van der Waals surface area contributed by atoms with Crippen molar-refractivity contribution in [3.8, 4) is 0 Å². The summed E-state index contributed by atoms with van der Waals surface area (Å²) in [6.45, 7) is 0.907. The van der Waals surface area contributed by atoms with Crippen LogP contribution in [0.3, 0.4) is 0 Å². The second-order valence-corrected chi connectivity index (χ2v) is 2.23. The SMILES string of the molecule is OO.c1ccc(C2CO2)cc1. The van der Waals surface area contributed by atoms with Gasteiger partial charge in [0.2, 0.25) is 0 Å². The summed E-state index contributed by atoms with van der Waals surface area (Å²) < 4.78 is 5.09. The van der Waals surface area contributed by atoms with E-state index in [1.165, 1.54) is 5.56 Å². The molecular weight excluding hydrogens is 144 g/mol. The zero-order valence-corrected chi connectivity index (χ0v) is 5.97. The van der Waals surface area contributed by atoms with Crippen molar-refractivity contribution in [3.63, 3.8) is 0 Å². The van der Waals surface area contributed by atoms with Gasteiger partial charge in [-0.05, 0) is 5.56 Å². The normalized spacial score (nSPS) is 20.0. The summed E-state index contributed by atoms with van der Waals surface area (Å²) in [5.74, 6) is 0. The second kappa shape index (κ2) is 4.08. The Morgan fingerprint density at radius 3 is 2.18 bits per heavy atom. The molecule has 1 fully saturated rings. The molecule has 0 spiro atoms. The first-order valence-corrected chi connectivity index (χ1v) is 3.33. The lowest BCUT2D eigenvalue weighted by molar-refractivity contribution is -0.176. The maximum absolute atomic E-state index is 6.00. The number of hydrogen-bond acceptors (Lipinski definition) is 3. The van der Waals surface area contributed by atoms with Crippen LogP contribution in [0.1, 0.15) is 11.7 Å². The third-order valence-corrected chi connectivity index (χ3v) is 1.50. The van der Waals surface area contributed by atoms with E-state index in [9.17, 15) is 0 Å². The largest absolute Gasteiger partial charge is 0.368 e. The third kappa shape index (κ3) is 2.31. The van der Waals surface area contributed by atoms with Crippen LogP contribution in [0.2, 0.25) is 0 Å². The summed E-state index contributed by atoms with van der Waals surface area (Å²) in [7, 11) is 0. The molecule has 2 rings (SSSR count). The molecule has 0 radical (unpaired) electrons. The van der Waals surface area contributed by atoms with Gasteiger partial charge >= 0.3 is 0 Å². The minimum Gasteiger partial charge on any atom is -0.368 e. The summed E-state index contributed by atoms with van der Waals surface area (Å²) in [6.07, 6.45) is 0.409. The number of epoxide rings is 1. The first-order chi connectivity index (χ1) is 5.47. The molecule has 0 bridgehead atoms. The van der Waals surface area contributed by atoms with Crippen molar-refractivity contribution in [1.29, 1.82) is 0 Å². The van der Waals surface area contributed by atoms with Crippen molar-refractivity contribution in [1.82, 2.24) is 0 Å². The fourth-order valence-electron chi connectivity index (χ4n) is 0.908. The molecule has 0 aromatic heterocycles. The van der Waals surface area contributed by atoms with Gasteiger partial charge < -0.3 is 4.74 Å². The Bertz CT molecular complexity index is 194. The van der Waals surface area contributed by atoms with E-state index in [2.05, 4.69) is 12.1 Å². The van der Waals surface area contributed by atoms with E-state index < -0.39 is 0 Å². The lowest BCUT2D eigenvalue weighted by Gasteiger charge is -1.89. The van der Waals surface area contributed by atoms with Gasteiger partial charge in [-0.2, -0.15) is 0 Å². The van der Waals surface area contributed by atoms with E-state index in [0.717, 1.165) is 6.61 Å². The molecule has 1 heterocycles. The Hall–Kier alpha value is -0.900. The Balaban J connectivity index is 0.000000281. The van der Waals surface area contributed by atoms with Gasteiger partial charge in [0.05, 0.1) is 6.61 Å². The van der Waals surface area contributed by atoms with Crippen molar-refractivity contribution in [2.75, 3.05) is 6.61 Å². The van der Waals surface area contributed by atoms with Gasteiger partial charge in [-0.3, -0.25) is 10.5 Å². The fraction of sp³-hybridized carbons (Fsp3) is 0.250. The maximum Gasteiger partial charge on any atom is 0.106 e. The van der Waals surface area contributed by atoms with Crippen molar-refractivity contribution < 1.29 is 15.3 Å². The van der Waals surface area contributed by atoms with E-state index in [4.69, 9.17) is 15.3 Å². The minimum absolute atomic E-state index is 0.409. The zero-order valence-electron chi connectivity index (χ0n) is 5.97. The molecule has 1 aliphatic rings. The van der Waals surface area contributed by atoms with Gasteiger partial charge in [0, 0.05) is 0 Å². The molecular formula is C8H10O3. The molecule has 1 aromatic carbocycles. The number of rotatable bonds is 1. The number of ether oxygens (including phenoxy) is 1. The van der Waals surface area contributed by atoms with Crippen LogP contribution in [0.4, 0.5) is 0 Å². The van der Waals surface area contributed by atoms with E-state index in [1.807, 2.05) is 18.2 Å². The van der Waals surface area contributed by atoms with Crippen LogP contribution in [-0.4, -0.2) is 17.1 Å². The van der Waals surface area contributed by atoms with Crippen LogP contribution < -0.4 is 0 Å². The highest BCUT2D eigenvalue weighted by atomic mass is 17.0. The van der Waals surface area contributed by atoms with E-state index in [1.54, 1.807) is 0 Å². The van der Waals surface area contributed by atoms with Gasteiger partial charge in [-0.1, -0.05) is 30.3 Å². The van der Waals surface area contributed by atoms with Gasteiger partial charge in [0.1, 0.15) is 6.10 Å². The molecule has 0 aliphatic carbocycles. The van der Waals surface area contributed by atoms with Crippen LogP contribution in [0, 0.1) is 0 Å². The highest BCUT2D eigenvalue weighted by Gasteiger charge is 2.23. The number of hydrogen-bond donors (Lipinski definition) is 2. The molecule has 1 atom stereocenters. The van der Waals surface area contributed by atoms with Crippen molar-refractivity contribution >= 4 is 0 Å². The van der Waals surface area contributed by atoms with Gasteiger partial charge in [0.25, 0.3) is 0 Å². The third-order valence-electron chi connectivity index (χ3n) is 1.50. The van der Waals surface area contributed by atoms with Crippen molar-refractivity contribution in [2.24, 2.45) is 0 Å². The van der Waals surface area contributed by atoms with E-state index in [0.29, 0.717) is 6.10 Å². The fourth-order valence-corrected chi connectivity index (χ4v) is 0.908. The molecule has 3 nitrogen and oxygen atoms in total. The minimum atomic E-state index is 0.409. The molecule has 0 saturated carbocycles. The Morgan fingerprint density at radius 1 is 1.18 bits per heavy atom. The first-order valence-electron chi connectivity index (χ1n) is 3.33. The predicted octanol–water partition coefficient (Wildman–Crippen LogP) is 1.78. The Kier molecular flexibility index (Phi) is 3.04. The van der Waals surface area contributed by atoms with E-state index >= 15 is 0 Å². The van der Waals surface area contributed by atoms with Crippen LogP contribution in [0.25, 0.3) is 0 Å². The highest BCUT2D eigenvalue weighted by Crippen LogP contribution is 2.28. The predicted molar refractivity (Wildman–Crippen MR) is 40.4 cm³/mol. The van der Waals surface area contributed by atoms with Gasteiger partial charge in [-0.15, -0.1) is 0 Å². The Labute approximate surface area is 64.8 Å². The molecule has 11 heavy (non-hydrogen) atoms. The van der Waals surface area contributed by atoms with Crippen molar-refractivity contribution in [3.05, 3.63) is 35.9 Å². The lowest BCUT2D eigenvalue weighted by atomic mass is 10.2. The summed E-state index contributed by atoms with van der Waals surface area (Å²) in [4.78, 5) is 0. The summed E-state index contributed by atoms with van der Waals surface area (Å²) in [5.41, 5.74) is 1.30. The molecule has 0 amide bonds. The molecule has 1 aliphatic heterocycles. The highest BCUT2D eigenvalue weighted by molar-refractivity contribution is 5.19. The monoisotopic (exact) mass is 154 g/mol. The smallest absolute Gasteiger partial charge is 0.106 e. The standard InChI is InChI=1S/C8H8O.H2O2/c1-2-4-7(5-3-1)8-6-9-8;1-2/h1-5,8H,6H2;1-2H. The second-order valence-electron chi connectivity index (χ2n) is 2.23. The average molecular weight is 154 g/mol. The quantitative estimate of drug-likeness (QED) is 0.368. The molecule has 1 saturated heterocycles. The average Bonchev–Trinajstić information content (AvgIpc) is 2.92. The summed E-state index contributed by atoms with van der Waals surface area (Å²) in [6, 6.07) is 10.3. The maximum atomic E-state index is 6.00. The molecule has 1 aromatic rings. The zero-order chi connectivity index (χ0) is 8.10. The van der Waals surface area contributed by atoms with Gasteiger partial charge in [0.15, 0.2) is 0 Å². The summed E-state index contributed by atoms with van der Waals surface area (Å²) >= 11 is 0. The van der Waals surface area contributed by atoms with Crippen LogP contribution in [-0.2, 0) is 4.74 Å². The Morgan fingerprint density at radius 2 is 1.73 bits per heavy atom. The molecule has 60 valence electrons. The van der Waals surface area contributed by atoms with E-state index in [-0.39, 0.29) is 0 Å². The molecule has 3 heteroatoms. The first kappa shape index (κ1) is 8.20. The van der Waals surface area contributed by atoms with Crippen LogP contribution in [0.15, 0.2) is 30.3 Å².